The van der Waals surface area contributed by atoms with Gasteiger partial charge in [-0.15, -0.1) is 0 Å². The fraction of sp³-hybridized carbons (Fsp3) is 0.357. The minimum Gasteiger partial charge on any atom is -0.489 e. The number of halogens is 3. The van der Waals surface area contributed by atoms with Crippen LogP contribution in [0.4, 0.5) is 8.78 Å². The van der Waals surface area contributed by atoms with Gasteiger partial charge in [-0.2, -0.15) is 0 Å². The number of hydrogen-bond acceptors (Lipinski definition) is 6. The van der Waals surface area contributed by atoms with E-state index in [2.05, 4.69) is 4.98 Å². The molecule has 1 heterocycles. The summed E-state index contributed by atoms with van der Waals surface area (Å²) in [6, 6.07) is 15.5. The van der Waals surface area contributed by atoms with E-state index < -0.39 is 29.9 Å². The predicted octanol–water partition coefficient (Wildman–Crippen LogP) is 4.89. The molecule has 0 unspecified atom stereocenters. The zero-order valence-electron chi connectivity index (χ0n) is 21.4. The minimum absolute atomic E-state index is 0.0159. The number of carbonyl (C=O) groups is 1. The number of pyridine rings is 1. The highest BCUT2D eigenvalue weighted by atomic mass is 35.5. The van der Waals surface area contributed by atoms with Crippen molar-refractivity contribution >= 4 is 17.5 Å². The van der Waals surface area contributed by atoms with E-state index in [0.717, 1.165) is 5.56 Å². The van der Waals surface area contributed by atoms with Crippen LogP contribution < -0.4 is 10.5 Å². The molecule has 1 aromatic heterocycles. The highest BCUT2D eigenvalue weighted by molar-refractivity contribution is 6.29. The molecule has 1 atom stereocenters. The molecule has 0 aliphatic carbocycles. The highest BCUT2D eigenvalue weighted by Crippen LogP contribution is 2.20. The lowest BCUT2D eigenvalue weighted by Crippen LogP contribution is -2.48. The van der Waals surface area contributed by atoms with Gasteiger partial charge in [-0.1, -0.05) is 48.0 Å². The molecule has 10 heteroatoms. The van der Waals surface area contributed by atoms with Crippen LogP contribution in [0.25, 0.3) is 0 Å². The molecule has 0 bridgehead atoms. The third kappa shape index (κ3) is 8.73. The number of hydrogen-bond donors (Lipinski definition) is 1. The molecule has 38 heavy (non-hydrogen) atoms. The molecule has 2 aromatic carbocycles. The lowest BCUT2D eigenvalue weighted by molar-refractivity contribution is -0.160. The summed E-state index contributed by atoms with van der Waals surface area (Å²) in [5, 5.41) is -0.304. The summed E-state index contributed by atoms with van der Waals surface area (Å²) in [7, 11) is 0. The average molecular weight is 548 g/mol. The molecule has 0 spiro atoms. The first kappa shape index (κ1) is 29.4. The van der Waals surface area contributed by atoms with Crippen molar-refractivity contribution in [3.8, 4) is 5.75 Å². The number of carbonyl (C=O) groups excluding carboxylic acids is 1. The van der Waals surface area contributed by atoms with Crippen molar-refractivity contribution in [1.29, 1.82) is 0 Å². The summed E-state index contributed by atoms with van der Waals surface area (Å²) in [5.41, 5.74) is 7.83. The number of amides is 1. The first-order valence-electron chi connectivity index (χ1n) is 12.3. The first-order chi connectivity index (χ1) is 18.3. The van der Waals surface area contributed by atoms with Crippen molar-refractivity contribution in [3.63, 3.8) is 0 Å². The van der Waals surface area contributed by atoms with Gasteiger partial charge in [-0.3, -0.25) is 4.79 Å². The van der Waals surface area contributed by atoms with Gasteiger partial charge in [-0.25, -0.2) is 13.8 Å². The predicted molar refractivity (Wildman–Crippen MR) is 141 cm³/mol. The molecule has 0 radical (unpaired) electrons. The molecule has 0 fully saturated rings. The Kier molecular flexibility index (Phi) is 11.4. The lowest BCUT2D eigenvalue weighted by atomic mass is 10.0. The Balaban J connectivity index is 1.71. The second-order valence-electron chi connectivity index (χ2n) is 8.47. The molecular weight excluding hydrogens is 516 g/mol. The zero-order valence-corrected chi connectivity index (χ0v) is 22.2. The Hall–Kier alpha value is -3.11. The van der Waals surface area contributed by atoms with Gasteiger partial charge in [-0.05, 0) is 49.6 Å². The van der Waals surface area contributed by atoms with Crippen LogP contribution in [0.3, 0.4) is 0 Å². The Labute approximate surface area is 226 Å². The summed E-state index contributed by atoms with van der Waals surface area (Å²) in [4.78, 5) is 18.8. The Morgan fingerprint density at radius 2 is 1.74 bits per heavy atom. The third-order valence-corrected chi connectivity index (χ3v) is 5.89. The van der Waals surface area contributed by atoms with Gasteiger partial charge in [0.2, 0.25) is 5.91 Å². The van der Waals surface area contributed by atoms with E-state index in [1.807, 2.05) is 30.3 Å². The summed E-state index contributed by atoms with van der Waals surface area (Å²) < 4.78 is 45.3. The number of nitrogens with two attached hydrogens (primary N) is 1. The van der Waals surface area contributed by atoms with Gasteiger partial charge in [0.05, 0.1) is 24.8 Å². The van der Waals surface area contributed by atoms with E-state index in [9.17, 15) is 13.6 Å². The molecule has 7 nitrogen and oxygen atoms in total. The zero-order chi connectivity index (χ0) is 27.5. The quantitative estimate of drug-likeness (QED) is 0.228. The number of benzene rings is 2. The molecule has 3 rings (SSSR count). The van der Waals surface area contributed by atoms with E-state index in [1.165, 1.54) is 23.1 Å². The normalized spacial score (nSPS) is 12.0. The highest BCUT2D eigenvalue weighted by Gasteiger charge is 2.26. The van der Waals surface area contributed by atoms with E-state index in [0.29, 0.717) is 31.3 Å². The molecule has 2 N–H and O–H groups in total. The molecule has 0 aliphatic rings. The van der Waals surface area contributed by atoms with E-state index in [4.69, 9.17) is 31.5 Å². The molecule has 0 saturated carbocycles. The molecule has 204 valence electrons. The maximum Gasteiger partial charge on any atom is 0.240 e. The van der Waals surface area contributed by atoms with Gasteiger partial charge in [0.15, 0.2) is 17.3 Å². The second kappa shape index (κ2) is 14.7. The Morgan fingerprint density at radius 3 is 2.37 bits per heavy atom. The molecular formula is C28H32ClF2N3O4. The summed E-state index contributed by atoms with van der Waals surface area (Å²) in [6.07, 6.45) is -0.763. The molecule has 3 aromatic rings. The van der Waals surface area contributed by atoms with Crippen molar-refractivity contribution in [1.82, 2.24) is 9.88 Å². The topological polar surface area (TPSA) is 86.9 Å². The van der Waals surface area contributed by atoms with Gasteiger partial charge in [0.25, 0.3) is 0 Å². The Bertz CT molecular complexity index is 1180. The Morgan fingerprint density at radius 1 is 1.03 bits per heavy atom. The van der Waals surface area contributed by atoms with E-state index in [-0.39, 0.29) is 30.2 Å². The van der Waals surface area contributed by atoms with Crippen LogP contribution >= 0.6 is 11.6 Å². The SMILES string of the molecule is CCOC(CN(Cc1ccc(F)c(Cl)n1)C(=O)[C@@H](N)Cc1ccc(OCc2ccccc2)cc1F)OCC. The van der Waals surface area contributed by atoms with Crippen molar-refractivity contribution in [2.75, 3.05) is 19.8 Å². The first-order valence-corrected chi connectivity index (χ1v) is 12.7. The molecule has 0 aliphatic heterocycles. The number of ether oxygens (including phenoxy) is 3. The molecule has 1 amide bonds. The fourth-order valence-electron chi connectivity index (χ4n) is 3.76. The average Bonchev–Trinajstić information content (AvgIpc) is 2.91. The number of nitrogens with zero attached hydrogens (tertiary/aromatic N) is 2. The van der Waals surface area contributed by atoms with Crippen LogP contribution in [0, 0.1) is 11.6 Å². The van der Waals surface area contributed by atoms with Crippen molar-refractivity contribution in [2.24, 2.45) is 5.73 Å². The fourth-order valence-corrected chi connectivity index (χ4v) is 3.93. The smallest absolute Gasteiger partial charge is 0.240 e. The van der Waals surface area contributed by atoms with Crippen LogP contribution in [0.2, 0.25) is 5.15 Å². The summed E-state index contributed by atoms with van der Waals surface area (Å²) in [5.74, 6) is -1.30. The maximum absolute atomic E-state index is 14.9. The van der Waals surface area contributed by atoms with Crippen LogP contribution in [-0.4, -0.2) is 47.9 Å². The number of rotatable bonds is 14. The largest absolute Gasteiger partial charge is 0.489 e. The van der Waals surface area contributed by atoms with Gasteiger partial charge in [0.1, 0.15) is 18.2 Å². The van der Waals surface area contributed by atoms with Crippen molar-refractivity contribution in [3.05, 3.63) is 94.3 Å². The summed E-state index contributed by atoms with van der Waals surface area (Å²) >= 11 is 5.82. The number of aromatic nitrogens is 1. The van der Waals surface area contributed by atoms with Gasteiger partial charge >= 0.3 is 0 Å². The monoisotopic (exact) mass is 547 g/mol. The van der Waals surface area contributed by atoms with E-state index >= 15 is 0 Å². The van der Waals surface area contributed by atoms with E-state index in [1.54, 1.807) is 26.0 Å². The minimum atomic E-state index is -1.07. The van der Waals surface area contributed by atoms with Crippen LogP contribution in [0.15, 0.2) is 60.7 Å². The molecule has 0 saturated heterocycles. The maximum atomic E-state index is 14.9. The van der Waals surface area contributed by atoms with Crippen LogP contribution in [-0.2, 0) is 33.8 Å². The standard InChI is InChI=1S/C28H32ClF2N3O4/c1-3-36-26(37-4-2)17-34(16-21-11-13-23(30)27(29)33-21)28(35)25(32)14-20-10-12-22(15-24(20)31)38-18-19-8-6-5-7-9-19/h5-13,15,25-26H,3-4,14,16-18,32H2,1-2H3/t25-/m0/s1. The lowest BCUT2D eigenvalue weighted by Gasteiger charge is -2.29. The van der Waals surface area contributed by atoms with Gasteiger partial charge < -0.3 is 24.8 Å². The van der Waals surface area contributed by atoms with Gasteiger partial charge in [0, 0.05) is 19.3 Å². The van der Waals surface area contributed by atoms with Crippen LogP contribution in [0.5, 0.6) is 5.75 Å². The van der Waals surface area contributed by atoms with Crippen molar-refractivity contribution in [2.45, 2.75) is 45.8 Å². The summed E-state index contributed by atoms with van der Waals surface area (Å²) in [6.45, 7) is 4.67. The van der Waals surface area contributed by atoms with Crippen molar-refractivity contribution < 1.29 is 27.8 Å². The van der Waals surface area contributed by atoms with Crippen LogP contribution in [0.1, 0.15) is 30.7 Å². The third-order valence-electron chi connectivity index (χ3n) is 5.63. The second-order valence-corrected chi connectivity index (χ2v) is 8.83.